The molecule has 0 saturated heterocycles. The zero-order valence-electron chi connectivity index (χ0n) is 66.5. The van der Waals surface area contributed by atoms with Gasteiger partial charge in [0.25, 0.3) is 0 Å². The first kappa shape index (κ1) is 86.2. The van der Waals surface area contributed by atoms with Crippen LogP contribution in [0.2, 0.25) is 0 Å². The van der Waals surface area contributed by atoms with Crippen LogP contribution in [0.5, 0.6) is 23.0 Å². The number of nitrogens with zero attached hydrogens (tertiary/aromatic N) is 6. The fourth-order valence-corrected chi connectivity index (χ4v) is 12.8. The second-order valence-electron chi connectivity index (χ2n) is 33.5. The molecule has 0 bridgehead atoms. The molecule has 0 aromatic heterocycles. The predicted molar refractivity (Wildman–Crippen MR) is 417 cm³/mol. The van der Waals surface area contributed by atoms with E-state index in [-0.39, 0.29) is 0 Å². The van der Waals surface area contributed by atoms with E-state index in [2.05, 4.69) is 211 Å². The van der Waals surface area contributed by atoms with Crippen molar-refractivity contribution in [1.29, 1.82) is 0 Å². The summed E-state index contributed by atoms with van der Waals surface area (Å²) >= 11 is 0. The molecule has 3 aromatic rings. The Labute approximate surface area is 594 Å². The Morgan fingerprint density at radius 2 is 0.479 bits per heavy atom. The minimum atomic E-state index is 0.696. The Morgan fingerprint density at radius 1 is 0.250 bits per heavy atom. The van der Waals surface area contributed by atoms with Crippen molar-refractivity contribution in [1.82, 2.24) is 0 Å². The Morgan fingerprint density at radius 3 is 0.740 bits per heavy atom. The summed E-state index contributed by atoms with van der Waals surface area (Å²) in [5, 5.41) is 0. The molecular weight excluding hydrogens is 1180 g/mol. The number of ether oxygens (including phenoxy) is 4. The van der Waals surface area contributed by atoms with Crippen LogP contribution in [-0.2, 0) is 0 Å². The lowest BCUT2D eigenvalue weighted by molar-refractivity contribution is -0.946. The number of unbranched alkanes of at least 4 members (excludes halogenated alkanes) is 16. The van der Waals surface area contributed by atoms with Crippen LogP contribution in [-0.4, -0.2) is 257 Å². The maximum Gasteiger partial charge on any atom is 0.128 e. The molecule has 0 saturated carbocycles. The molecule has 0 aliphatic heterocycles. The minimum absolute atomic E-state index is 0.696. The third-order valence-corrected chi connectivity index (χ3v) is 20.4. The Balaban J connectivity index is 1.72. The van der Waals surface area contributed by atoms with Gasteiger partial charge >= 0.3 is 0 Å². The Kier molecular flexibility index (Phi) is 43.1. The molecule has 3 rings (SSSR count). The first-order valence-electron chi connectivity index (χ1n) is 39.5. The smallest absolute Gasteiger partial charge is 0.128 e. The maximum atomic E-state index is 6.56. The molecule has 0 spiro atoms. The topological polar surface area (TPSA) is 45.8 Å². The molecule has 3 aromatic carbocycles. The molecule has 2 atom stereocenters. The maximum absolute atomic E-state index is 6.56. The van der Waals surface area contributed by atoms with Gasteiger partial charge in [0.05, 0.1) is 177 Å². The van der Waals surface area contributed by atoms with Crippen LogP contribution in [0.25, 0.3) is 24.3 Å². The molecular formula is C84H158N8O4+8. The highest BCUT2D eigenvalue weighted by molar-refractivity contribution is 5.74. The summed E-state index contributed by atoms with van der Waals surface area (Å²) in [6, 6.07) is 21.8. The van der Waals surface area contributed by atoms with Crippen molar-refractivity contribution >= 4 is 24.3 Å². The molecule has 0 heterocycles. The fourth-order valence-electron chi connectivity index (χ4n) is 12.8. The van der Waals surface area contributed by atoms with Gasteiger partial charge in [0.2, 0.25) is 0 Å². The highest BCUT2D eigenvalue weighted by Gasteiger charge is 2.25. The SMILES string of the molecule is CCCCCC[NH+](C)CC[N+](C)(C)CCCCOc1cc(/C=C/c2ccc(/C=C/c3cc(OCCCC[N+](C)(C)CC[NH+](C)CCCCCC)cc(OCCCC[N+](C)(C)CC[N+](C)(C)CCCCCC)c3)cc2)cc(OCCCC[N+](C)(C)CC[N+](C)(C)CCCCCC)c1. The van der Waals surface area contributed by atoms with Gasteiger partial charge in [-0.05, 0) is 149 Å². The standard InChI is InChI=1S/C84H156N8O4/c1-19-23-27-31-51-85(5)53-61-87(7,8)57-35-39-67-93-81-71-79(73-83(75-81)95-69-41-37-59-91(15,16)65-63-89(11,12)55-33-29-25-21-3)49-47-77-43-45-78(46-44-77)48-50-80-72-82(94-68-40-36-58-88(9,10)62-54-86(6)52-32-28-24-20-2)76-84(74-80)96-70-42-38-60-92(17,18)66-64-90(13,14)56-34-30-26-22-4/h43-50,71-76H,19-42,51-70H2,1-18H3/q+6/p+2/b49-47+,50-48+. The summed E-state index contributed by atoms with van der Waals surface area (Å²) in [4.78, 5) is 3.33. The normalized spacial score (nSPS) is 13.5. The molecule has 0 aliphatic carbocycles. The first-order chi connectivity index (χ1) is 45.7. The average Bonchev–Trinajstić information content (AvgIpc) is 0.921. The van der Waals surface area contributed by atoms with Crippen molar-refractivity contribution in [2.45, 2.75) is 182 Å². The van der Waals surface area contributed by atoms with E-state index in [1.54, 1.807) is 9.80 Å². The minimum Gasteiger partial charge on any atom is -0.493 e. The van der Waals surface area contributed by atoms with Crippen molar-refractivity contribution < 1.29 is 55.6 Å². The van der Waals surface area contributed by atoms with Gasteiger partial charge in [0.1, 0.15) is 75.4 Å². The number of likely N-dealkylation sites (N-methyl/N-ethyl adjacent to an activating group) is 8. The van der Waals surface area contributed by atoms with E-state index in [4.69, 9.17) is 18.9 Å². The summed E-state index contributed by atoms with van der Waals surface area (Å²) in [7, 11) is 33.6. The lowest BCUT2D eigenvalue weighted by atomic mass is 10.1. The van der Waals surface area contributed by atoms with Crippen LogP contribution >= 0.6 is 0 Å². The number of hydrogen-bond donors (Lipinski definition) is 2. The van der Waals surface area contributed by atoms with E-state index in [1.807, 2.05) is 0 Å². The van der Waals surface area contributed by atoms with Gasteiger partial charge in [-0.2, -0.15) is 0 Å². The van der Waals surface area contributed by atoms with E-state index in [1.165, 1.54) is 181 Å². The van der Waals surface area contributed by atoms with Crippen molar-refractivity contribution in [2.24, 2.45) is 0 Å². The average molecular weight is 1340 g/mol. The van der Waals surface area contributed by atoms with E-state index in [0.29, 0.717) is 26.4 Å². The lowest BCUT2D eigenvalue weighted by Crippen LogP contribution is -3.09. The monoisotopic (exact) mass is 1340 g/mol. The summed E-state index contributed by atoms with van der Waals surface area (Å²) < 4.78 is 32.7. The van der Waals surface area contributed by atoms with Crippen LogP contribution in [0.1, 0.15) is 204 Å². The molecule has 0 aliphatic rings. The van der Waals surface area contributed by atoms with Gasteiger partial charge in [-0.25, -0.2) is 0 Å². The summed E-state index contributed by atoms with van der Waals surface area (Å²) in [5.74, 6) is 3.51. The van der Waals surface area contributed by atoms with Crippen LogP contribution in [0.3, 0.4) is 0 Å². The third-order valence-electron chi connectivity index (χ3n) is 20.4. The first-order valence-corrected chi connectivity index (χ1v) is 39.5. The van der Waals surface area contributed by atoms with Gasteiger partial charge in [-0.15, -0.1) is 0 Å². The summed E-state index contributed by atoms with van der Waals surface area (Å²) in [6.07, 6.45) is 38.9. The van der Waals surface area contributed by atoms with Gasteiger partial charge in [0.15, 0.2) is 0 Å². The van der Waals surface area contributed by atoms with Crippen molar-refractivity contribution in [3.05, 3.63) is 82.9 Å². The van der Waals surface area contributed by atoms with Gasteiger partial charge in [-0.1, -0.05) is 128 Å². The molecule has 0 amide bonds. The zero-order chi connectivity index (χ0) is 70.6. The highest BCUT2D eigenvalue weighted by atomic mass is 16.5. The van der Waals surface area contributed by atoms with Crippen LogP contribution in [0.15, 0.2) is 60.7 Å². The number of hydrogen-bond acceptors (Lipinski definition) is 4. The van der Waals surface area contributed by atoms with Crippen LogP contribution in [0.4, 0.5) is 0 Å². The number of rotatable bonds is 60. The van der Waals surface area contributed by atoms with Crippen molar-refractivity contribution in [3.8, 4) is 23.0 Å². The van der Waals surface area contributed by atoms with Gasteiger partial charge in [-0.3, -0.25) is 0 Å². The van der Waals surface area contributed by atoms with Gasteiger partial charge in [0, 0.05) is 12.1 Å². The largest absolute Gasteiger partial charge is 0.493 e. The van der Waals surface area contributed by atoms with Crippen LogP contribution < -0.4 is 28.7 Å². The molecule has 0 fully saturated rings. The summed E-state index contributed by atoms with van der Waals surface area (Å²) in [5.41, 5.74) is 4.46. The Hall–Kier alpha value is -3.98. The second kappa shape index (κ2) is 48.0. The molecule has 2 N–H and O–H groups in total. The van der Waals surface area contributed by atoms with Gasteiger partial charge < -0.3 is 55.6 Å². The second-order valence-corrected chi connectivity index (χ2v) is 33.5. The highest BCUT2D eigenvalue weighted by Crippen LogP contribution is 2.28. The number of benzene rings is 3. The molecule has 0 radical (unpaired) electrons. The third kappa shape index (κ3) is 43.5. The summed E-state index contributed by atoms with van der Waals surface area (Å²) in [6.45, 7) is 31.4. The van der Waals surface area contributed by atoms with Crippen LogP contribution in [0, 0.1) is 0 Å². The molecule has 96 heavy (non-hydrogen) atoms. The van der Waals surface area contributed by atoms with E-state index in [0.717, 1.165) is 150 Å². The van der Waals surface area contributed by atoms with E-state index >= 15 is 0 Å². The van der Waals surface area contributed by atoms with Crippen molar-refractivity contribution in [2.75, 3.05) is 230 Å². The lowest BCUT2D eigenvalue weighted by Gasteiger charge is -2.36. The van der Waals surface area contributed by atoms with E-state index in [9.17, 15) is 0 Å². The molecule has 12 heteroatoms. The van der Waals surface area contributed by atoms with Crippen molar-refractivity contribution in [3.63, 3.8) is 0 Å². The number of quaternary nitrogens is 8. The quantitative estimate of drug-likeness (QED) is 0.0336. The Bertz CT molecular complexity index is 2330. The zero-order valence-corrected chi connectivity index (χ0v) is 66.5. The molecule has 550 valence electrons. The molecule has 2 unspecified atom stereocenters. The number of nitrogens with one attached hydrogen (secondary N) is 2. The fraction of sp³-hybridized carbons (Fsp3) is 0.738. The molecule has 12 nitrogen and oxygen atoms in total. The predicted octanol–water partition coefficient (Wildman–Crippen LogP) is 14.5. The van der Waals surface area contributed by atoms with E-state index < -0.39 is 0 Å².